The highest BCUT2D eigenvalue weighted by Crippen LogP contribution is 2.33. The summed E-state index contributed by atoms with van der Waals surface area (Å²) >= 11 is 0. The second kappa shape index (κ2) is 5.37. The average molecular weight is 245 g/mol. The number of nitrogens with two attached hydrogens (primary N) is 1. The second-order valence-corrected chi connectivity index (χ2v) is 5.78. The first kappa shape index (κ1) is 12.1. The van der Waals surface area contributed by atoms with Gasteiger partial charge in [-0.25, -0.2) is 0 Å². The van der Waals surface area contributed by atoms with Gasteiger partial charge < -0.3 is 5.73 Å². The molecular weight excluding hydrogens is 222 g/mol. The quantitative estimate of drug-likeness (QED) is 0.885. The summed E-state index contributed by atoms with van der Waals surface area (Å²) in [6.07, 6.45) is 9.42. The molecule has 2 unspecified atom stereocenters. The third kappa shape index (κ3) is 2.57. The molecule has 0 radical (unpaired) electrons. The van der Waals surface area contributed by atoms with Crippen molar-refractivity contribution in [1.82, 2.24) is 9.88 Å². The summed E-state index contributed by atoms with van der Waals surface area (Å²) in [6, 6.07) is 8.10. The predicted octanol–water partition coefficient (Wildman–Crippen LogP) is 1.97. The Bertz CT molecular complexity index is 365. The monoisotopic (exact) mass is 245 g/mol. The van der Waals surface area contributed by atoms with Crippen LogP contribution in [0.15, 0.2) is 24.4 Å². The lowest BCUT2D eigenvalue weighted by Gasteiger charge is -2.48. The zero-order valence-electron chi connectivity index (χ0n) is 11.0. The van der Waals surface area contributed by atoms with Crippen LogP contribution in [0.4, 0.5) is 0 Å². The maximum absolute atomic E-state index is 6.16. The van der Waals surface area contributed by atoms with Gasteiger partial charge in [0, 0.05) is 43.0 Å². The van der Waals surface area contributed by atoms with E-state index in [1.807, 2.05) is 12.3 Å². The van der Waals surface area contributed by atoms with Gasteiger partial charge in [0.25, 0.3) is 0 Å². The van der Waals surface area contributed by atoms with Crippen molar-refractivity contribution in [2.24, 2.45) is 5.73 Å². The lowest BCUT2D eigenvalue weighted by Crippen LogP contribution is -2.55. The zero-order chi connectivity index (χ0) is 12.4. The molecule has 2 fully saturated rings. The van der Waals surface area contributed by atoms with Crippen LogP contribution in [0, 0.1) is 0 Å². The van der Waals surface area contributed by atoms with Gasteiger partial charge >= 0.3 is 0 Å². The van der Waals surface area contributed by atoms with Crippen molar-refractivity contribution < 1.29 is 0 Å². The summed E-state index contributed by atoms with van der Waals surface area (Å²) in [5.41, 5.74) is 7.37. The molecule has 3 rings (SSSR count). The zero-order valence-corrected chi connectivity index (χ0v) is 11.0. The highest BCUT2D eigenvalue weighted by molar-refractivity contribution is 5.04. The van der Waals surface area contributed by atoms with Crippen molar-refractivity contribution in [2.75, 3.05) is 6.54 Å². The summed E-state index contributed by atoms with van der Waals surface area (Å²) in [4.78, 5) is 7.13. The summed E-state index contributed by atoms with van der Waals surface area (Å²) in [7, 11) is 0. The molecular formula is C15H23N3. The van der Waals surface area contributed by atoms with E-state index in [0.29, 0.717) is 6.04 Å². The first-order valence-electron chi connectivity index (χ1n) is 7.24. The summed E-state index contributed by atoms with van der Waals surface area (Å²) in [5.74, 6) is 0. The van der Waals surface area contributed by atoms with E-state index in [4.69, 9.17) is 5.73 Å². The number of nitrogens with zero attached hydrogens (tertiary/aromatic N) is 2. The minimum Gasteiger partial charge on any atom is -0.328 e. The molecule has 2 aliphatic rings. The van der Waals surface area contributed by atoms with Gasteiger partial charge in [0.05, 0.1) is 0 Å². The van der Waals surface area contributed by atoms with Crippen molar-refractivity contribution >= 4 is 0 Å². The van der Waals surface area contributed by atoms with E-state index in [1.54, 1.807) is 0 Å². The number of hydrogen-bond donors (Lipinski definition) is 1. The van der Waals surface area contributed by atoms with E-state index in [1.165, 1.54) is 37.8 Å². The van der Waals surface area contributed by atoms with Gasteiger partial charge in [-0.05, 0) is 37.8 Å². The molecule has 98 valence electrons. The Kier molecular flexibility index (Phi) is 3.62. The molecule has 0 spiro atoms. The standard InChI is InChI=1S/C15H23N3/c16-12-10-14-5-3-6-15(11-12)18(14)9-7-13-4-1-2-8-17-13/h1-2,4,8,12,14-15H,3,5-7,9-11,16H2. The van der Waals surface area contributed by atoms with Crippen molar-refractivity contribution in [3.8, 4) is 0 Å². The smallest absolute Gasteiger partial charge is 0.0416 e. The molecule has 0 aliphatic carbocycles. The molecule has 0 amide bonds. The number of rotatable bonds is 3. The Labute approximate surface area is 109 Å². The first-order valence-corrected chi connectivity index (χ1v) is 7.24. The molecule has 2 N–H and O–H groups in total. The van der Waals surface area contributed by atoms with Gasteiger partial charge in [-0.3, -0.25) is 9.88 Å². The Hall–Kier alpha value is -0.930. The van der Waals surface area contributed by atoms with Crippen LogP contribution in [0.2, 0.25) is 0 Å². The highest BCUT2D eigenvalue weighted by Gasteiger charge is 2.36. The van der Waals surface area contributed by atoms with Crippen LogP contribution in [-0.2, 0) is 6.42 Å². The van der Waals surface area contributed by atoms with Gasteiger partial charge in [0.2, 0.25) is 0 Å². The van der Waals surface area contributed by atoms with E-state index in [0.717, 1.165) is 25.0 Å². The summed E-state index contributed by atoms with van der Waals surface area (Å²) < 4.78 is 0. The van der Waals surface area contributed by atoms with E-state index >= 15 is 0 Å². The molecule has 0 aromatic carbocycles. The molecule has 0 saturated carbocycles. The van der Waals surface area contributed by atoms with Crippen molar-refractivity contribution in [3.63, 3.8) is 0 Å². The number of hydrogen-bond acceptors (Lipinski definition) is 3. The number of aromatic nitrogens is 1. The van der Waals surface area contributed by atoms with Crippen LogP contribution >= 0.6 is 0 Å². The topological polar surface area (TPSA) is 42.1 Å². The van der Waals surface area contributed by atoms with Crippen LogP contribution in [0.3, 0.4) is 0 Å². The van der Waals surface area contributed by atoms with Crippen molar-refractivity contribution in [1.29, 1.82) is 0 Å². The van der Waals surface area contributed by atoms with E-state index in [2.05, 4.69) is 22.0 Å². The molecule has 3 nitrogen and oxygen atoms in total. The largest absolute Gasteiger partial charge is 0.328 e. The minimum atomic E-state index is 0.436. The number of fused-ring (bicyclic) bond motifs is 2. The fraction of sp³-hybridized carbons (Fsp3) is 0.667. The van der Waals surface area contributed by atoms with Crippen molar-refractivity contribution in [3.05, 3.63) is 30.1 Å². The van der Waals surface area contributed by atoms with E-state index in [-0.39, 0.29) is 0 Å². The third-order valence-electron chi connectivity index (χ3n) is 4.51. The molecule has 2 saturated heterocycles. The summed E-state index contributed by atoms with van der Waals surface area (Å²) in [6.45, 7) is 1.15. The first-order chi connectivity index (χ1) is 8.83. The third-order valence-corrected chi connectivity index (χ3v) is 4.51. The van der Waals surface area contributed by atoms with Crippen LogP contribution < -0.4 is 5.73 Å². The molecule has 2 bridgehead atoms. The van der Waals surface area contributed by atoms with Gasteiger partial charge in [-0.15, -0.1) is 0 Å². The molecule has 3 heteroatoms. The summed E-state index contributed by atoms with van der Waals surface area (Å²) in [5, 5.41) is 0. The van der Waals surface area contributed by atoms with E-state index in [9.17, 15) is 0 Å². The van der Waals surface area contributed by atoms with Crippen molar-refractivity contribution in [2.45, 2.75) is 56.7 Å². The predicted molar refractivity (Wildman–Crippen MR) is 73.3 cm³/mol. The lowest BCUT2D eigenvalue weighted by atomic mass is 9.82. The molecule has 1 aromatic heterocycles. The van der Waals surface area contributed by atoms with Crippen LogP contribution in [0.25, 0.3) is 0 Å². The van der Waals surface area contributed by atoms with Gasteiger partial charge in [0.15, 0.2) is 0 Å². The fourth-order valence-corrected chi connectivity index (χ4v) is 3.68. The molecule has 3 heterocycles. The molecule has 2 atom stereocenters. The molecule has 1 aromatic rings. The van der Waals surface area contributed by atoms with E-state index < -0.39 is 0 Å². The van der Waals surface area contributed by atoms with Crippen LogP contribution in [-0.4, -0.2) is 34.6 Å². The van der Waals surface area contributed by atoms with Gasteiger partial charge in [-0.1, -0.05) is 12.5 Å². The second-order valence-electron chi connectivity index (χ2n) is 5.78. The van der Waals surface area contributed by atoms with Gasteiger partial charge in [-0.2, -0.15) is 0 Å². The Morgan fingerprint density at radius 3 is 2.67 bits per heavy atom. The minimum absolute atomic E-state index is 0.436. The maximum atomic E-state index is 6.16. The SMILES string of the molecule is NC1CC2CCCC(C1)N2CCc1ccccn1. The Balaban J connectivity index is 1.62. The molecule has 18 heavy (non-hydrogen) atoms. The Morgan fingerprint density at radius 2 is 2.00 bits per heavy atom. The number of pyridine rings is 1. The normalized spacial score (nSPS) is 32.4. The lowest BCUT2D eigenvalue weighted by molar-refractivity contribution is 0.0325. The molecule has 2 aliphatic heterocycles. The van der Waals surface area contributed by atoms with Gasteiger partial charge in [0.1, 0.15) is 0 Å². The van der Waals surface area contributed by atoms with Crippen LogP contribution in [0.1, 0.15) is 37.8 Å². The fourth-order valence-electron chi connectivity index (χ4n) is 3.68. The van der Waals surface area contributed by atoms with Crippen LogP contribution in [0.5, 0.6) is 0 Å². The highest BCUT2D eigenvalue weighted by atomic mass is 15.2. The number of piperidine rings is 2. The Morgan fingerprint density at radius 1 is 1.22 bits per heavy atom. The average Bonchev–Trinajstić information content (AvgIpc) is 2.37. The maximum Gasteiger partial charge on any atom is 0.0416 e.